The normalized spacial score (nSPS) is 15.7. The number of nitrogens with one attached hydrogen (secondary N) is 2. The Bertz CT molecular complexity index is 1460. The van der Waals surface area contributed by atoms with E-state index < -0.39 is 21.5 Å². The molecule has 0 radical (unpaired) electrons. The molecular formula is C35H45N3O6S. The molecule has 3 aromatic carbocycles. The van der Waals surface area contributed by atoms with E-state index in [1.807, 2.05) is 20.8 Å². The largest absolute Gasteiger partial charge is 0.492 e. The molecule has 1 saturated carbocycles. The zero-order valence-electron chi connectivity index (χ0n) is 26.4. The number of carbonyl (C=O) groups is 2. The van der Waals surface area contributed by atoms with Gasteiger partial charge in [-0.3, -0.25) is 9.69 Å². The van der Waals surface area contributed by atoms with Gasteiger partial charge in [0.25, 0.3) is 10.0 Å². The number of hydrogen-bond acceptors (Lipinski definition) is 7. The molecule has 2 fully saturated rings. The summed E-state index contributed by atoms with van der Waals surface area (Å²) in [4.78, 5) is 26.5. The van der Waals surface area contributed by atoms with Gasteiger partial charge in [0.05, 0.1) is 11.3 Å². The molecule has 1 aliphatic carbocycles. The van der Waals surface area contributed by atoms with Crippen LogP contribution in [0.4, 0.5) is 4.79 Å². The summed E-state index contributed by atoms with van der Waals surface area (Å²) in [5.74, 6) is 0.987. The quantitative estimate of drug-likeness (QED) is 0.295. The van der Waals surface area contributed by atoms with Crippen LogP contribution in [-0.4, -0.2) is 63.2 Å². The molecule has 1 heterocycles. The molecule has 242 valence electrons. The summed E-state index contributed by atoms with van der Waals surface area (Å²) in [6.45, 7) is 8.55. The summed E-state index contributed by atoms with van der Waals surface area (Å²) in [5.41, 5.74) is 1.70. The number of alkyl carbamates (subject to hydrolysis) is 1. The van der Waals surface area contributed by atoms with Gasteiger partial charge in [0.1, 0.15) is 18.0 Å². The minimum Gasteiger partial charge on any atom is -0.492 e. The fourth-order valence-electron chi connectivity index (χ4n) is 4.94. The minimum atomic E-state index is -3.88. The predicted octanol–water partition coefficient (Wildman–Crippen LogP) is 5.67. The first kappa shape index (κ1) is 34.0. The van der Waals surface area contributed by atoms with Gasteiger partial charge in [-0.05, 0) is 87.8 Å². The number of piperidine rings is 1. The number of hydrogen-bond donors (Lipinski definition) is 2. The molecule has 1 aliphatic heterocycles. The monoisotopic (exact) mass is 635 g/mol. The van der Waals surface area contributed by atoms with Crippen molar-refractivity contribution in [3.63, 3.8) is 0 Å². The van der Waals surface area contributed by atoms with Gasteiger partial charge in [-0.1, -0.05) is 60.7 Å². The van der Waals surface area contributed by atoms with E-state index in [4.69, 9.17) is 9.47 Å². The maximum absolute atomic E-state index is 12.3. The molecule has 5 rings (SSSR count). The molecule has 0 bridgehead atoms. The van der Waals surface area contributed by atoms with Crippen LogP contribution in [0.15, 0.2) is 89.8 Å². The van der Waals surface area contributed by atoms with Crippen molar-refractivity contribution in [2.75, 3.05) is 26.2 Å². The molecule has 0 spiro atoms. The molecule has 2 aliphatic rings. The number of nitrogens with zero attached hydrogens (tertiary/aromatic N) is 1. The number of benzene rings is 3. The zero-order valence-corrected chi connectivity index (χ0v) is 27.2. The molecule has 10 heteroatoms. The summed E-state index contributed by atoms with van der Waals surface area (Å²) in [5, 5.41) is 2.94. The van der Waals surface area contributed by atoms with Gasteiger partial charge in [-0.15, -0.1) is 0 Å². The van der Waals surface area contributed by atoms with Crippen LogP contribution in [0.5, 0.6) is 5.75 Å². The van der Waals surface area contributed by atoms with Crippen molar-refractivity contribution in [1.29, 1.82) is 0 Å². The summed E-state index contributed by atoms with van der Waals surface area (Å²) < 4.78 is 37.8. The van der Waals surface area contributed by atoms with Gasteiger partial charge in [0.2, 0.25) is 5.91 Å². The second-order valence-corrected chi connectivity index (χ2v) is 14.1. The average Bonchev–Trinajstić information content (AvgIpc) is 3.85. The van der Waals surface area contributed by atoms with E-state index in [9.17, 15) is 18.0 Å². The lowest BCUT2D eigenvalue weighted by Gasteiger charge is -2.32. The minimum absolute atomic E-state index is 0.0469. The topological polar surface area (TPSA) is 114 Å². The Morgan fingerprint density at radius 2 is 1.44 bits per heavy atom. The van der Waals surface area contributed by atoms with Crippen molar-refractivity contribution in [2.45, 2.75) is 75.3 Å². The Kier molecular flexibility index (Phi) is 12.0. The first-order valence-corrected chi connectivity index (χ1v) is 17.0. The first-order chi connectivity index (χ1) is 21.5. The number of likely N-dealkylation sites (tertiary alicyclic amines) is 1. The third kappa shape index (κ3) is 12.2. The van der Waals surface area contributed by atoms with Gasteiger partial charge >= 0.3 is 6.09 Å². The summed E-state index contributed by atoms with van der Waals surface area (Å²) in [6.07, 6.45) is 4.10. The van der Waals surface area contributed by atoms with Crippen LogP contribution in [0.25, 0.3) is 0 Å². The highest BCUT2D eigenvalue weighted by Crippen LogP contribution is 2.39. The molecule has 2 N–H and O–H groups in total. The number of ether oxygens (including phenoxy) is 2. The molecular weight excluding hydrogens is 590 g/mol. The summed E-state index contributed by atoms with van der Waals surface area (Å²) in [6, 6.07) is 25.7. The Labute approximate surface area is 267 Å². The summed E-state index contributed by atoms with van der Waals surface area (Å²) >= 11 is 0. The fourth-order valence-corrected chi connectivity index (χ4v) is 5.95. The smallest absolute Gasteiger partial charge is 0.407 e. The van der Waals surface area contributed by atoms with Gasteiger partial charge in [-0.25, -0.2) is 17.9 Å². The van der Waals surface area contributed by atoms with Gasteiger partial charge < -0.3 is 14.8 Å². The lowest BCUT2D eigenvalue weighted by atomic mass is 10.1. The maximum atomic E-state index is 12.3. The van der Waals surface area contributed by atoms with E-state index in [0.29, 0.717) is 17.9 Å². The number of rotatable bonds is 10. The van der Waals surface area contributed by atoms with E-state index in [1.165, 1.54) is 30.5 Å². The average molecular weight is 636 g/mol. The van der Waals surface area contributed by atoms with E-state index in [-0.39, 0.29) is 23.5 Å². The number of carbonyl (C=O) groups excluding carboxylic acids is 2. The van der Waals surface area contributed by atoms with Crippen LogP contribution in [-0.2, 0) is 26.0 Å². The van der Waals surface area contributed by atoms with E-state index in [2.05, 4.69) is 45.3 Å². The lowest BCUT2D eigenvalue weighted by Crippen LogP contribution is -2.46. The predicted molar refractivity (Wildman–Crippen MR) is 175 cm³/mol. The Hall–Kier alpha value is -3.89. The second kappa shape index (κ2) is 15.9. The van der Waals surface area contributed by atoms with Crippen LogP contribution >= 0.6 is 0 Å². The third-order valence-electron chi connectivity index (χ3n) is 7.42. The Morgan fingerprint density at radius 1 is 0.844 bits per heavy atom. The second-order valence-electron chi connectivity index (χ2n) is 12.5. The Morgan fingerprint density at radius 3 is 2.02 bits per heavy atom. The van der Waals surface area contributed by atoms with Crippen LogP contribution in [0, 0.1) is 0 Å². The van der Waals surface area contributed by atoms with Crippen LogP contribution in [0.1, 0.15) is 63.5 Å². The van der Waals surface area contributed by atoms with Crippen LogP contribution < -0.4 is 14.8 Å². The Balaban J connectivity index is 0.000000432. The highest BCUT2D eigenvalue weighted by molar-refractivity contribution is 7.90. The molecule has 2 amide bonds. The number of sulfonamides is 1. The lowest BCUT2D eigenvalue weighted by molar-refractivity contribution is -0.118. The molecule has 0 unspecified atom stereocenters. The summed E-state index contributed by atoms with van der Waals surface area (Å²) in [7, 11) is -3.88. The molecule has 45 heavy (non-hydrogen) atoms. The van der Waals surface area contributed by atoms with Crippen molar-refractivity contribution in [1.82, 2.24) is 14.9 Å². The van der Waals surface area contributed by atoms with Crippen molar-refractivity contribution in [3.8, 4) is 5.75 Å². The highest BCUT2D eigenvalue weighted by atomic mass is 32.2. The van der Waals surface area contributed by atoms with Crippen molar-refractivity contribution >= 4 is 22.0 Å². The zero-order chi connectivity index (χ0) is 32.3. The maximum Gasteiger partial charge on any atom is 0.407 e. The third-order valence-corrected chi connectivity index (χ3v) is 8.81. The SMILES string of the molecule is CC(C)(C)OC(=O)NC1CCN(CCOc2ccc(CC(=O)NS(=O)(=O)c3ccccc3)cc2)CC1.c1ccc(C2CC2)cc1. The highest BCUT2D eigenvalue weighted by Gasteiger charge is 2.24. The van der Waals surface area contributed by atoms with Gasteiger partial charge in [0.15, 0.2) is 0 Å². The molecule has 3 aromatic rings. The molecule has 0 atom stereocenters. The molecule has 0 aromatic heterocycles. The fraction of sp³-hybridized carbons (Fsp3) is 0.429. The molecule has 1 saturated heterocycles. The van der Waals surface area contributed by atoms with E-state index in [1.54, 1.807) is 42.5 Å². The van der Waals surface area contributed by atoms with Crippen molar-refractivity contribution in [2.24, 2.45) is 0 Å². The van der Waals surface area contributed by atoms with Crippen LogP contribution in [0.3, 0.4) is 0 Å². The van der Waals surface area contributed by atoms with E-state index in [0.717, 1.165) is 38.4 Å². The van der Waals surface area contributed by atoms with Crippen LogP contribution in [0.2, 0.25) is 0 Å². The first-order valence-electron chi connectivity index (χ1n) is 15.6. The molecule has 9 nitrogen and oxygen atoms in total. The number of amides is 2. The van der Waals surface area contributed by atoms with E-state index >= 15 is 0 Å². The van der Waals surface area contributed by atoms with Gasteiger partial charge in [-0.2, -0.15) is 0 Å². The standard InChI is InChI=1S/C26H35N3O6S.C9H10/c1-26(2,3)35-25(31)27-21-13-15-29(16-14-21)17-18-34-22-11-9-20(10-12-22)19-24(30)28-36(32,33)23-7-5-4-6-8-23;1-2-4-8(5-3-1)9-6-7-9/h4-12,21H,13-19H2,1-3H3,(H,27,31)(H,28,30);1-5,9H,6-7H2. The van der Waals surface area contributed by atoms with Gasteiger partial charge in [0, 0.05) is 25.7 Å². The van der Waals surface area contributed by atoms with Crippen molar-refractivity contribution < 1.29 is 27.5 Å². The van der Waals surface area contributed by atoms with Crippen molar-refractivity contribution in [3.05, 3.63) is 96.1 Å².